The van der Waals surface area contributed by atoms with Crippen LogP contribution in [0.1, 0.15) is 49.9 Å². The van der Waals surface area contributed by atoms with Gasteiger partial charge in [-0.2, -0.15) is 10.2 Å². The molecule has 0 amide bonds. The summed E-state index contributed by atoms with van der Waals surface area (Å²) in [5, 5.41) is 8.96. The summed E-state index contributed by atoms with van der Waals surface area (Å²) < 4.78 is 26.8. The highest BCUT2D eigenvalue weighted by Gasteiger charge is 2.33. The molecule has 3 heterocycles. The second-order valence-electron chi connectivity index (χ2n) is 6.96. The number of nitrogens with zero attached hydrogens (tertiary/aromatic N) is 5. The van der Waals surface area contributed by atoms with Crippen molar-refractivity contribution in [3.05, 3.63) is 28.3 Å². The van der Waals surface area contributed by atoms with E-state index in [4.69, 9.17) is 4.98 Å². The molecule has 2 aromatic rings. The minimum Gasteiger partial charge on any atom is -0.268 e. The number of rotatable bonds is 3. The highest BCUT2D eigenvalue weighted by molar-refractivity contribution is 7.91. The van der Waals surface area contributed by atoms with E-state index in [1.165, 1.54) is 23.6 Å². The number of sulfone groups is 1. The zero-order valence-corrected chi connectivity index (χ0v) is 14.9. The molecule has 25 heavy (non-hydrogen) atoms. The fourth-order valence-electron chi connectivity index (χ4n) is 3.72. The normalized spacial score (nSPS) is 23.3. The van der Waals surface area contributed by atoms with Crippen LogP contribution in [0.3, 0.4) is 0 Å². The predicted octanol–water partition coefficient (Wildman–Crippen LogP) is 1.06. The Labute approximate surface area is 145 Å². The Morgan fingerprint density at radius 1 is 1.12 bits per heavy atom. The molecule has 0 aromatic carbocycles. The van der Waals surface area contributed by atoms with Crippen molar-refractivity contribution in [3.8, 4) is 11.5 Å². The molecule has 8 nitrogen and oxygen atoms in total. The molecule has 9 heteroatoms. The largest absolute Gasteiger partial charge is 0.268 e. The minimum atomic E-state index is -3.03. The van der Waals surface area contributed by atoms with Crippen LogP contribution in [0.25, 0.3) is 11.5 Å². The molecular weight excluding hydrogens is 342 g/mol. The van der Waals surface area contributed by atoms with Crippen LogP contribution in [0.15, 0.2) is 16.9 Å². The van der Waals surface area contributed by atoms with Gasteiger partial charge >= 0.3 is 0 Å². The molecule has 1 aliphatic carbocycles. The monoisotopic (exact) mass is 363 g/mol. The third-order valence-corrected chi connectivity index (χ3v) is 6.86. The van der Waals surface area contributed by atoms with E-state index in [2.05, 4.69) is 10.2 Å². The van der Waals surface area contributed by atoms with Crippen LogP contribution in [0.2, 0.25) is 0 Å². The number of aryl methyl sites for hydroxylation is 1. The molecule has 0 unspecified atom stereocenters. The van der Waals surface area contributed by atoms with E-state index in [-0.39, 0.29) is 23.1 Å². The van der Waals surface area contributed by atoms with Crippen LogP contribution in [0.4, 0.5) is 0 Å². The van der Waals surface area contributed by atoms with Crippen molar-refractivity contribution >= 4 is 9.84 Å². The highest BCUT2D eigenvalue weighted by Crippen LogP contribution is 2.35. The van der Waals surface area contributed by atoms with Crippen LogP contribution in [-0.4, -0.2) is 44.5 Å². The first-order chi connectivity index (χ1) is 11.9. The average Bonchev–Trinajstić information content (AvgIpc) is 3.28. The van der Waals surface area contributed by atoms with Crippen molar-refractivity contribution in [2.24, 2.45) is 7.05 Å². The maximum absolute atomic E-state index is 11.9. The van der Waals surface area contributed by atoms with Gasteiger partial charge in [0, 0.05) is 19.0 Å². The zero-order chi connectivity index (χ0) is 17.6. The van der Waals surface area contributed by atoms with E-state index in [0.717, 1.165) is 18.7 Å². The topological polar surface area (TPSA) is 99.7 Å². The molecule has 0 N–H and O–H groups in total. The first-order valence-corrected chi connectivity index (χ1v) is 10.5. The Morgan fingerprint density at radius 2 is 1.88 bits per heavy atom. The van der Waals surface area contributed by atoms with Gasteiger partial charge in [-0.05, 0) is 25.3 Å². The van der Waals surface area contributed by atoms with Crippen molar-refractivity contribution in [1.29, 1.82) is 0 Å². The van der Waals surface area contributed by atoms with Crippen molar-refractivity contribution < 1.29 is 8.42 Å². The fraction of sp³-hybridized carbons (Fsp3) is 0.625. The smallest absolute Gasteiger partial charge is 0.266 e. The second kappa shape index (κ2) is 6.05. The lowest BCUT2D eigenvalue weighted by atomic mass is 10.1. The van der Waals surface area contributed by atoms with Crippen molar-refractivity contribution in [1.82, 2.24) is 24.5 Å². The summed E-state index contributed by atoms with van der Waals surface area (Å²) in [6.45, 7) is 0. The van der Waals surface area contributed by atoms with Gasteiger partial charge in [-0.15, -0.1) is 0 Å². The maximum atomic E-state index is 11.9. The van der Waals surface area contributed by atoms with Gasteiger partial charge in [0.15, 0.2) is 21.5 Å². The lowest BCUT2D eigenvalue weighted by molar-refractivity contribution is 0.492. The molecular formula is C16H21N5O3S. The third-order valence-electron chi connectivity index (χ3n) is 5.11. The van der Waals surface area contributed by atoms with Gasteiger partial charge in [-0.1, -0.05) is 12.8 Å². The molecule has 0 bridgehead atoms. The molecule has 2 aromatic heterocycles. The fourth-order valence-corrected chi connectivity index (χ4v) is 5.41. The van der Waals surface area contributed by atoms with Gasteiger partial charge in [-0.25, -0.2) is 22.8 Å². The van der Waals surface area contributed by atoms with E-state index in [1.807, 2.05) is 0 Å². The number of hydrogen-bond donors (Lipinski definition) is 0. The van der Waals surface area contributed by atoms with Crippen molar-refractivity contribution in [2.75, 3.05) is 11.5 Å². The van der Waals surface area contributed by atoms with Crippen LogP contribution in [0.5, 0.6) is 0 Å². The Balaban J connectivity index is 1.80. The molecule has 2 fully saturated rings. The summed E-state index contributed by atoms with van der Waals surface area (Å²) in [5.74, 6) is 1.91. The lowest BCUT2D eigenvalue weighted by Crippen LogP contribution is -2.20. The van der Waals surface area contributed by atoms with E-state index < -0.39 is 9.84 Å². The SMILES string of the molecule is Cn1nc(-c2nc(C3CCCC3)nn2[C@H]2CCS(=O)(=O)C2)ccc1=O. The van der Waals surface area contributed by atoms with E-state index in [1.54, 1.807) is 17.8 Å². The van der Waals surface area contributed by atoms with Gasteiger partial charge in [0.25, 0.3) is 5.56 Å². The molecule has 0 spiro atoms. The Bertz CT molecular complexity index is 956. The molecule has 1 atom stereocenters. The van der Waals surface area contributed by atoms with Crippen LogP contribution in [0, 0.1) is 0 Å². The Morgan fingerprint density at radius 3 is 2.52 bits per heavy atom. The first kappa shape index (κ1) is 16.4. The highest BCUT2D eigenvalue weighted by atomic mass is 32.2. The van der Waals surface area contributed by atoms with Crippen LogP contribution in [-0.2, 0) is 16.9 Å². The van der Waals surface area contributed by atoms with Gasteiger partial charge < -0.3 is 0 Å². The molecule has 1 aliphatic heterocycles. The van der Waals surface area contributed by atoms with E-state index >= 15 is 0 Å². The molecule has 0 radical (unpaired) electrons. The standard InChI is InChI=1S/C16H21N5O3S/c1-20-14(22)7-6-13(18-20)16-17-15(11-4-2-3-5-11)19-21(16)12-8-9-25(23,24)10-12/h6-7,11-12H,2-5,8-10H2,1H3/t12-/m0/s1. The van der Waals surface area contributed by atoms with Gasteiger partial charge in [0.2, 0.25) is 0 Å². The average molecular weight is 363 g/mol. The first-order valence-electron chi connectivity index (χ1n) is 8.64. The molecule has 2 aliphatic rings. The van der Waals surface area contributed by atoms with Crippen LogP contribution < -0.4 is 5.56 Å². The maximum Gasteiger partial charge on any atom is 0.266 e. The molecule has 1 saturated heterocycles. The summed E-state index contributed by atoms with van der Waals surface area (Å²) in [4.78, 5) is 16.3. The molecule has 1 saturated carbocycles. The Kier molecular flexibility index (Phi) is 3.98. The molecule has 4 rings (SSSR count). The summed E-state index contributed by atoms with van der Waals surface area (Å²) >= 11 is 0. The number of aromatic nitrogens is 5. The number of hydrogen-bond acceptors (Lipinski definition) is 6. The zero-order valence-electron chi connectivity index (χ0n) is 14.1. The summed E-state index contributed by atoms with van der Waals surface area (Å²) in [6.07, 6.45) is 5.00. The van der Waals surface area contributed by atoms with Crippen molar-refractivity contribution in [2.45, 2.75) is 44.1 Å². The van der Waals surface area contributed by atoms with Gasteiger partial charge in [0.05, 0.1) is 17.5 Å². The van der Waals surface area contributed by atoms with E-state index in [9.17, 15) is 13.2 Å². The lowest BCUT2D eigenvalue weighted by Gasteiger charge is -2.11. The summed E-state index contributed by atoms with van der Waals surface area (Å²) in [5.41, 5.74) is 0.345. The van der Waals surface area contributed by atoms with Crippen LogP contribution >= 0.6 is 0 Å². The minimum absolute atomic E-state index is 0.0826. The summed E-state index contributed by atoms with van der Waals surface area (Å²) in [7, 11) is -1.44. The third kappa shape index (κ3) is 3.12. The second-order valence-corrected chi connectivity index (χ2v) is 9.19. The quantitative estimate of drug-likeness (QED) is 0.808. The van der Waals surface area contributed by atoms with Gasteiger partial charge in [0.1, 0.15) is 5.69 Å². The summed E-state index contributed by atoms with van der Waals surface area (Å²) in [6, 6.07) is 2.86. The van der Waals surface area contributed by atoms with E-state index in [0.29, 0.717) is 23.9 Å². The van der Waals surface area contributed by atoms with Crippen molar-refractivity contribution in [3.63, 3.8) is 0 Å². The predicted molar refractivity (Wildman–Crippen MR) is 92.0 cm³/mol. The molecule has 134 valence electrons. The Hall–Kier alpha value is -2.03. The van der Waals surface area contributed by atoms with Gasteiger partial charge in [-0.3, -0.25) is 4.79 Å².